The smallest absolute Gasteiger partial charge is 0.0717 e. The van der Waals surface area contributed by atoms with Gasteiger partial charge in [0.25, 0.3) is 0 Å². The van der Waals surface area contributed by atoms with E-state index >= 15 is 0 Å². The molecule has 1 saturated carbocycles. The number of rotatable bonds is 4. The van der Waals surface area contributed by atoms with E-state index in [-0.39, 0.29) is 0 Å². The first-order chi connectivity index (χ1) is 6.84. The summed E-state index contributed by atoms with van der Waals surface area (Å²) in [6, 6.07) is 10.3. The van der Waals surface area contributed by atoms with Crippen LogP contribution >= 0.6 is 0 Å². The fraction of sp³-hybridized carbons (Fsp3) is 0.385. The summed E-state index contributed by atoms with van der Waals surface area (Å²) in [6.45, 7) is 5.54. The van der Waals surface area contributed by atoms with Crippen LogP contribution < -0.4 is 0 Å². The van der Waals surface area contributed by atoms with E-state index in [9.17, 15) is 0 Å². The first kappa shape index (κ1) is 9.47. The van der Waals surface area contributed by atoms with Crippen LogP contribution in [-0.4, -0.2) is 6.61 Å². The lowest BCUT2D eigenvalue weighted by molar-refractivity contribution is 0.0748. The average molecular weight is 188 g/mol. The molecule has 1 aliphatic carbocycles. The summed E-state index contributed by atoms with van der Waals surface area (Å²) in [5, 5.41) is 0. The summed E-state index contributed by atoms with van der Waals surface area (Å²) < 4.78 is 5.63. The number of ether oxygens (including phenoxy) is 1. The van der Waals surface area contributed by atoms with Gasteiger partial charge in [0.1, 0.15) is 0 Å². The molecule has 0 spiro atoms. The molecule has 1 aromatic carbocycles. The second-order valence-electron chi connectivity index (χ2n) is 4.03. The third-order valence-electron chi connectivity index (χ3n) is 2.62. The van der Waals surface area contributed by atoms with Crippen molar-refractivity contribution in [3.8, 4) is 0 Å². The van der Waals surface area contributed by atoms with Crippen molar-refractivity contribution in [1.82, 2.24) is 0 Å². The van der Waals surface area contributed by atoms with Crippen molar-refractivity contribution in [1.29, 1.82) is 0 Å². The first-order valence-electron chi connectivity index (χ1n) is 5.13. The molecular formula is C13H16O. The van der Waals surface area contributed by atoms with Gasteiger partial charge >= 0.3 is 0 Å². The van der Waals surface area contributed by atoms with Gasteiger partial charge in [-0.05, 0) is 24.3 Å². The van der Waals surface area contributed by atoms with Gasteiger partial charge in [-0.3, -0.25) is 0 Å². The van der Waals surface area contributed by atoms with Crippen molar-refractivity contribution in [3.05, 3.63) is 48.0 Å². The van der Waals surface area contributed by atoms with Crippen LogP contribution in [0.2, 0.25) is 0 Å². The molecule has 0 aromatic heterocycles. The van der Waals surface area contributed by atoms with Crippen LogP contribution in [0.3, 0.4) is 0 Å². The quantitative estimate of drug-likeness (QED) is 0.659. The van der Waals surface area contributed by atoms with Gasteiger partial charge in [-0.2, -0.15) is 0 Å². The number of hydrogen-bond acceptors (Lipinski definition) is 1. The average Bonchev–Trinajstić information content (AvgIpc) is 2.17. The Labute approximate surface area is 85.4 Å². The molecule has 1 fully saturated rings. The van der Waals surface area contributed by atoms with E-state index in [2.05, 4.69) is 18.7 Å². The van der Waals surface area contributed by atoms with Gasteiger partial charge in [0, 0.05) is 0 Å². The standard InChI is InChI=1S/C13H16O/c1-11-7-13(8-11)10-14-9-12-5-3-2-4-6-12/h2-6,13H,1,7-10H2. The third kappa shape index (κ3) is 2.46. The van der Waals surface area contributed by atoms with Crippen molar-refractivity contribution in [3.63, 3.8) is 0 Å². The minimum absolute atomic E-state index is 0.728. The molecule has 0 heterocycles. The van der Waals surface area contributed by atoms with Crippen molar-refractivity contribution in [2.75, 3.05) is 6.61 Å². The van der Waals surface area contributed by atoms with Crippen molar-refractivity contribution in [2.24, 2.45) is 5.92 Å². The zero-order chi connectivity index (χ0) is 9.80. The van der Waals surface area contributed by atoms with Crippen LogP contribution in [0.25, 0.3) is 0 Å². The molecule has 14 heavy (non-hydrogen) atoms. The second kappa shape index (κ2) is 4.43. The molecule has 0 aliphatic heterocycles. The molecule has 0 saturated heterocycles. The summed E-state index contributed by atoms with van der Waals surface area (Å²) >= 11 is 0. The van der Waals surface area contributed by atoms with Crippen LogP contribution in [0, 0.1) is 5.92 Å². The molecule has 74 valence electrons. The lowest BCUT2D eigenvalue weighted by Crippen LogP contribution is -2.19. The maximum atomic E-state index is 5.63. The normalized spacial score (nSPS) is 16.7. The minimum atomic E-state index is 0.728. The highest BCUT2D eigenvalue weighted by Crippen LogP contribution is 2.31. The van der Waals surface area contributed by atoms with E-state index in [4.69, 9.17) is 4.74 Å². The van der Waals surface area contributed by atoms with Crippen LogP contribution in [0.15, 0.2) is 42.5 Å². The lowest BCUT2D eigenvalue weighted by atomic mass is 9.82. The highest BCUT2D eigenvalue weighted by molar-refractivity contribution is 5.13. The molecule has 0 amide bonds. The predicted octanol–water partition coefficient (Wildman–Crippen LogP) is 3.17. The van der Waals surface area contributed by atoms with E-state index in [1.165, 1.54) is 11.1 Å². The van der Waals surface area contributed by atoms with Crippen LogP contribution in [0.5, 0.6) is 0 Å². The Morgan fingerprint density at radius 1 is 1.21 bits per heavy atom. The number of benzene rings is 1. The Morgan fingerprint density at radius 2 is 1.93 bits per heavy atom. The monoisotopic (exact) mass is 188 g/mol. The first-order valence-corrected chi connectivity index (χ1v) is 5.13. The summed E-state index contributed by atoms with van der Waals surface area (Å²) in [7, 11) is 0. The molecule has 1 aromatic rings. The van der Waals surface area contributed by atoms with Gasteiger partial charge in [-0.15, -0.1) is 0 Å². The molecule has 0 bridgehead atoms. The molecule has 0 atom stereocenters. The number of allylic oxidation sites excluding steroid dienone is 1. The Balaban J connectivity index is 1.66. The SMILES string of the molecule is C=C1CC(COCc2ccccc2)C1. The Kier molecular flexibility index (Phi) is 3.00. The highest BCUT2D eigenvalue weighted by Gasteiger charge is 2.20. The Morgan fingerprint density at radius 3 is 2.57 bits per heavy atom. The van der Waals surface area contributed by atoms with Gasteiger partial charge in [0.05, 0.1) is 13.2 Å². The topological polar surface area (TPSA) is 9.23 Å². The largest absolute Gasteiger partial charge is 0.376 e. The zero-order valence-electron chi connectivity index (χ0n) is 8.41. The molecule has 1 nitrogen and oxygen atoms in total. The van der Waals surface area contributed by atoms with E-state index in [1.807, 2.05) is 18.2 Å². The van der Waals surface area contributed by atoms with Crippen molar-refractivity contribution >= 4 is 0 Å². The fourth-order valence-corrected chi connectivity index (χ4v) is 1.79. The van der Waals surface area contributed by atoms with Gasteiger partial charge in [-0.1, -0.05) is 42.5 Å². The predicted molar refractivity (Wildman–Crippen MR) is 58.0 cm³/mol. The summed E-state index contributed by atoms with van der Waals surface area (Å²) in [5.74, 6) is 0.728. The Bertz CT molecular complexity index is 294. The second-order valence-corrected chi connectivity index (χ2v) is 4.03. The minimum Gasteiger partial charge on any atom is -0.376 e. The van der Waals surface area contributed by atoms with E-state index < -0.39 is 0 Å². The molecule has 0 unspecified atom stereocenters. The van der Waals surface area contributed by atoms with E-state index in [0.717, 1.165) is 32.0 Å². The summed E-state index contributed by atoms with van der Waals surface area (Å²) in [4.78, 5) is 0. The number of hydrogen-bond donors (Lipinski definition) is 0. The zero-order valence-corrected chi connectivity index (χ0v) is 8.41. The van der Waals surface area contributed by atoms with Crippen LogP contribution in [0.4, 0.5) is 0 Å². The van der Waals surface area contributed by atoms with Gasteiger partial charge in [0.2, 0.25) is 0 Å². The third-order valence-corrected chi connectivity index (χ3v) is 2.62. The molecule has 0 radical (unpaired) electrons. The van der Waals surface area contributed by atoms with Crippen molar-refractivity contribution < 1.29 is 4.74 Å². The van der Waals surface area contributed by atoms with Gasteiger partial charge < -0.3 is 4.74 Å². The maximum absolute atomic E-state index is 5.63. The van der Waals surface area contributed by atoms with Gasteiger partial charge in [-0.25, -0.2) is 0 Å². The molecule has 0 N–H and O–H groups in total. The molecule has 2 rings (SSSR count). The maximum Gasteiger partial charge on any atom is 0.0717 e. The molecular weight excluding hydrogens is 172 g/mol. The molecule has 1 aliphatic rings. The van der Waals surface area contributed by atoms with Crippen LogP contribution in [-0.2, 0) is 11.3 Å². The van der Waals surface area contributed by atoms with Gasteiger partial charge in [0.15, 0.2) is 0 Å². The lowest BCUT2D eigenvalue weighted by Gasteiger charge is -2.27. The van der Waals surface area contributed by atoms with Crippen LogP contribution in [0.1, 0.15) is 18.4 Å². The van der Waals surface area contributed by atoms with E-state index in [0.29, 0.717) is 0 Å². The summed E-state index contributed by atoms with van der Waals surface area (Å²) in [6.07, 6.45) is 2.32. The summed E-state index contributed by atoms with van der Waals surface area (Å²) in [5.41, 5.74) is 2.63. The fourth-order valence-electron chi connectivity index (χ4n) is 1.79. The van der Waals surface area contributed by atoms with Crippen molar-refractivity contribution in [2.45, 2.75) is 19.4 Å². The Hall–Kier alpha value is -1.08. The van der Waals surface area contributed by atoms with E-state index in [1.54, 1.807) is 0 Å². The molecule has 1 heteroatoms. The highest BCUT2D eigenvalue weighted by atomic mass is 16.5.